The van der Waals surface area contributed by atoms with Gasteiger partial charge in [-0.25, -0.2) is 0 Å². The van der Waals surface area contributed by atoms with Crippen LogP contribution in [0.4, 0.5) is 18.9 Å². The van der Waals surface area contributed by atoms with Crippen molar-refractivity contribution in [3.05, 3.63) is 64.7 Å². The fraction of sp³-hybridized carbons (Fsp3) is 0.278. The van der Waals surface area contributed by atoms with Crippen molar-refractivity contribution >= 4 is 23.4 Å². The standard InChI is InChI=1S/C18H18F3NOS/c1-12-7-8-13(2)14(9-12)10-24-11-17(23)22-16-6-4-3-5-15(16)18(19,20)21/h3-9H,10-11H2,1-2H3,(H,22,23). The molecule has 0 radical (unpaired) electrons. The number of nitrogens with one attached hydrogen (secondary N) is 1. The molecule has 0 aliphatic rings. The first-order valence-electron chi connectivity index (χ1n) is 7.37. The fourth-order valence-electron chi connectivity index (χ4n) is 2.24. The molecule has 2 nitrogen and oxygen atoms in total. The highest BCUT2D eigenvalue weighted by atomic mass is 32.2. The molecule has 24 heavy (non-hydrogen) atoms. The van der Waals surface area contributed by atoms with Crippen LogP contribution in [0.25, 0.3) is 0 Å². The summed E-state index contributed by atoms with van der Waals surface area (Å²) in [7, 11) is 0. The molecule has 0 aliphatic heterocycles. The highest BCUT2D eigenvalue weighted by Gasteiger charge is 2.33. The Morgan fingerprint density at radius 3 is 2.54 bits per heavy atom. The lowest BCUT2D eigenvalue weighted by atomic mass is 10.1. The predicted octanol–water partition coefficient (Wildman–Crippen LogP) is 5.19. The van der Waals surface area contributed by atoms with Crippen molar-refractivity contribution in [2.75, 3.05) is 11.1 Å². The summed E-state index contributed by atoms with van der Waals surface area (Å²) in [4.78, 5) is 11.9. The Kier molecular flexibility index (Phi) is 5.94. The molecule has 0 saturated heterocycles. The van der Waals surface area contributed by atoms with E-state index in [2.05, 4.69) is 11.4 Å². The zero-order valence-electron chi connectivity index (χ0n) is 13.4. The summed E-state index contributed by atoms with van der Waals surface area (Å²) in [5.74, 6) is 0.295. The number of thioether (sulfide) groups is 1. The third-order valence-corrected chi connectivity index (χ3v) is 4.48. The summed E-state index contributed by atoms with van der Waals surface area (Å²) >= 11 is 1.38. The van der Waals surface area contributed by atoms with Crippen LogP contribution in [0.1, 0.15) is 22.3 Å². The SMILES string of the molecule is Cc1ccc(C)c(CSCC(=O)Nc2ccccc2C(F)(F)F)c1. The highest BCUT2D eigenvalue weighted by Crippen LogP contribution is 2.34. The average Bonchev–Trinajstić information content (AvgIpc) is 2.50. The van der Waals surface area contributed by atoms with Gasteiger partial charge in [0.1, 0.15) is 0 Å². The maximum absolute atomic E-state index is 12.9. The summed E-state index contributed by atoms with van der Waals surface area (Å²) in [5, 5.41) is 2.35. The van der Waals surface area contributed by atoms with Crippen molar-refractivity contribution in [3.63, 3.8) is 0 Å². The maximum Gasteiger partial charge on any atom is 0.418 e. The first-order valence-corrected chi connectivity index (χ1v) is 8.53. The van der Waals surface area contributed by atoms with E-state index in [1.165, 1.54) is 30.0 Å². The van der Waals surface area contributed by atoms with Gasteiger partial charge in [-0.2, -0.15) is 13.2 Å². The summed E-state index contributed by atoms with van der Waals surface area (Å²) in [6.07, 6.45) is -4.49. The number of alkyl halides is 3. The monoisotopic (exact) mass is 353 g/mol. The Hall–Kier alpha value is -1.95. The number of benzene rings is 2. The van der Waals surface area contributed by atoms with Gasteiger partial charge in [0.05, 0.1) is 17.0 Å². The smallest absolute Gasteiger partial charge is 0.325 e. The highest BCUT2D eigenvalue weighted by molar-refractivity contribution is 7.99. The topological polar surface area (TPSA) is 29.1 Å². The predicted molar refractivity (Wildman–Crippen MR) is 92.2 cm³/mol. The summed E-state index contributed by atoms with van der Waals surface area (Å²) in [6, 6.07) is 11.1. The molecule has 0 aromatic heterocycles. The number of halogens is 3. The zero-order valence-corrected chi connectivity index (χ0v) is 14.2. The van der Waals surface area contributed by atoms with E-state index < -0.39 is 17.6 Å². The van der Waals surface area contributed by atoms with Gasteiger partial charge in [-0.15, -0.1) is 11.8 Å². The maximum atomic E-state index is 12.9. The van der Waals surface area contributed by atoms with Crippen LogP contribution in [-0.2, 0) is 16.7 Å². The summed E-state index contributed by atoms with van der Waals surface area (Å²) < 4.78 is 38.7. The van der Waals surface area contributed by atoms with E-state index in [1.807, 2.05) is 26.0 Å². The van der Waals surface area contributed by atoms with Crippen LogP contribution in [0.5, 0.6) is 0 Å². The van der Waals surface area contributed by atoms with E-state index in [0.717, 1.165) is 22.8 Å². The molecule has 0 fully saturated rings. The number of hydrogen-bond acceptors (Lipinski definition) is 2. The molecule has 0 saturated carbocycles. The van der Waals surface area contributed by atoms with Crippen LogP contribution in [-0.4, -0.2) is 11.7 Å². The van der Waals surface area contributed by atoms with Gasteiger partial charge < -0.3 is 5.32 Å². The Morgan fingerprint density at radius 2 is 1.83 bits per heavy atom. The number of para-hydroxylation sites is 1. The number of hydrogen-bond donors (Lipinski definition) is 1. The summed E-state index contributed by atoms with van der Waals surface area (Å²) in [6.45, 7) is 3.99. The van der Waals surface area contributed by atoms with E-state index in [1.54, 1.807) is 0 Å². The second-order valence-corrected chi connectivity index (χ2v) is 6.50. The van der Waals surface area contributed by atoms with Crippen LogP contribution in [0.15, 0.2) is 42.5 Å². The van der Waals surface area contributed by atoms with Crippen LogP contribution >= 0.6 is 11.8 Å². The Labute approximate surface area is 143 Å². The van der Waals surface area contributed by atoms with Gasteiger partial charge >= 0.3 is 6.18 Å². The molecule has 0 heterocycles. The Balaban J connectivity index is 1.94. The van der Waals surface area contributed by atoms with E-state index in [9.17, 15) is 18.0 Å². The van der Waals surface area contributed by atoms with Crippen molar-refractivity contribution in [3.8, 4) is 0 Å². The Morgan fingerprint density at radius 1 is 1.12 bits per heavy atom. The first kappa shape index (κ1) is 18.4. The molecule has 2 aromatic carbocycles. The molecule has 1 amide bonds. The van der Waals surface area contributed by atoms with Crippen LogP contribution in [0, 0.1) is 13.8 Å². The number of rotatable bonds is 5. The van der Waals surface area contributed by atoms with E-state index in [4.69, 9.17) is 0 Å². The van der Waals surface area contributed by atoms with Crippen molar-refractivity contribution in [1.82, 2.24) is 0 Å². The molecule has 0 spiro atoms. The van der Waals surface area contributed by atoms with Gasteiger partial charge in [0.2, 0.25) is 5.91 Å². The van der Waals surface area contributed by atoms with Crippen molar-refractivity contribution < 1.29 is 18.0 Å². The molecule has 0 atom stereocenters. The van der Waals surface area contributed by atoms with Crippen molar-refractivity contribution in [1.29, 1.82) is 0 Å². The minimum atomic E-state index is -4.49. The lowest BCUT2D eigenvalue weighted by molar-refractivity contribution is -0.137. The lowest BCUT2D eigenvalue weighted by Gasteiger charge is -2.13. The number of carbonyl (C=O) groups is 1. The largest absolute Gasteiger partial charge is 0.418 e. The van der Waals surface area contributed by atoms with Crippen molar-refractivity contribution in [2.45, 2.75) is 25.8 Å². The molecular formula is C18H18F3NOS. The lowest BCUT2D eigenvalue weighted by Crippen LogP contribution is -2.18. The third kappa shape index (κ3) is 5.03. The molecule has 0 aliphatic carbocycles. The molecule has 2 aromatic rings. The second-order valence-electron chi connectivity index (χ2n) is 5.51. The van der Waals surface area contributed by atoms with E-state index >= 15 is 0 Å². The summed E-state index contributed by atoms with van der Waals surface area (Å²) in [5.41, 5.74) is 2.36. The Bertz CT molecular complexity index is 728. The van der Waals surface area contributed by atoms with Crippen LogP contribution in [0.2, 0.25) is 0 Å². The quantitative estimate of drug-likeness (QED) is 0.801. The first-order chi connectivity index (χ1) is 11.3. The van der Waals surface area contributed by atoms with Gasteiger partial charge in [-0.3, -0.25) is 4.79 Å². The molecule has 6 heteroatoms. The van der Waals surface area contributed by atoms with Gasteiger partial charge in [0, 0.05) is 5.75 Å². The number of aryl methyl sites for hydroxylation is 2. The fourth-order valence-corrected chi connectivity index (χ4v) is 3.13. The van der Waals surface area contributed by atoms with E-state index in [0.29, 0.717) is 5.75 Å². The molecule has 0 unspecified atom stereocenters. The molecule has 2 rings (SSSR count). The number of carbonyl (C=O) groups excluding carboxylic acids is 1. The van der Waals surface area contributed by atoms with Gasteiger partial charge in [0.25, 0.3) is 0 Å². The zero-order chi connectivity index (χ0) is 17.7. The number of amides is 1. The van der Waals surface area contributed by atoms with Gasteiger partial charge in [0.15, 0.2) is 0 Å². The number of anilines is 1. The molecular weight excluding hydrogens is 335 g/mol. The normalized spacial score (nSPS) is 11.4. The third-order valence-electron chi connectivity index (χ3n) is 3.50. The minimum absolute atomic E-state index is 0.0968. The molecule has 1 N–H and O–H groups in total. The van der Waals surface area contributed by atoms with E-state index in [-0.39, 0.29) is 11.4 Å². The molecule has 128 valence electrons. The van der Waals surface area contributed by atoms with Crippen molar-refractivity contribution in [2.24, 2.45) is 0 Å². The van der Waals surface area contributed by atoms with Crippen LogP contribution in [0.3, 0.4) is 0 Å². The van der Waals surface area contributed by atoms with Crippen LogP contribution < -0.4 is 5.32 Å². The molecule has 0 bridgehead atoms. The second kappa shape index (κ2) is 7.75. The van der Waals surface area contributed by atoms with Gasteiger partial charge in [-0.1, -0.05) is 35.9 Å². The van der Waals surface area contributed by atoms with Gasteiger partial charge in [-0.05, 0) is 37.1 Å². The average molecular weight is 353 g/mol. The minimum Gasteiger partial charge on any atom is -0.325 e.